The fraction of sp³-hybridized carbons (Fsp3) is 0.238. The van der Waals surface area contributed by atoms with Crippen LogP contribution in [0.5, 0.6) is 0 Å². The Bertz CT molecular complexity index is 1000. The molecule has 25 heavy (non-hydrogen) atoms. The van der Waals surface area contributed by atoms with Crippen molar-refractivity contribution < 1.29 is 4.79 Å². The zero-order valence-corrected chi connectivity index (χ0v) is 14.2. The summed E-state index contributed by atoms with van der Waals surface area (Å²) in [5, 5.41) is 2.35. The van der Waals surface area contributed by atoms with Gasteiger partial charge in [0.1, 0.15) is 5.56 Å². The van der Waals surface area contributed by atoms with Crippen molar-refractivity contribution in [1.29, 1.82) is 0 Å². The molecule has 0 radical (unpaired) electrons. The van der Waals surface area contributed by atoms with Crippen LogP contribution in [0.2, 0.25) is 0 Å². The van der Waals surface area contributed by atoms with Crippen molar-refractivity contribution in [3.8, 4) is 0 Å². The van der Waals surface area contributed by atoms with E-state index in [0.29, 0.717) is 6.54 Å². The number of aromatic amines is 1. The summed E-state index contributed by atoms with van der Waals surface area (Å²) in [7, 11) is 0. The largest absolute Gasteiger partial charge is 0.331 e. The van der Waals surface area contributed by atoms with Gasteiger partial charge in [0.05, 0.1) is 6.04 Å². The number of nitrogens with one attached hydrogen (secondary N) is 1. The quantitative estimate of drug-likeness (QED) is 0.776. The van der Waals surface area contributed by atoms with Gasteiger partial charge in [0.2, 0.25) is 0 Å². The zero-order valence-electron chi connectivity index (χ0n) is 14.2. The van der Waals surface area contributed by atoms with Crippen LogP contribution in [0.3, 0.4) is 0 Å². The van der Waals surface area contributed by atoms with Crippen LogP contribution >= 0.6 is 0 Å². The van der Waals surface area contributed by atoms with Gasteiger partial charge in [0.15, 0.2) is 0 Å². The van der Waals surface area contributed by atoms with Gasteiger partial charge in [-0.3, -0.25) is 9.59 Å². The predicted octanol–water partition coefficient (Wildman–Crippen LogP) is 3.81. The first-order chi connectivity index (χ1) is 12.1. The van der Waals surface area contributed by atoms with Crippen molar-refractivity contribution in [2.45, 2.75) is 25.8 Å². The summed E-state index contributed by atoms with van der Waals surface area (Å²) < 4.78 is 0. The molecule has 1 amide bonds. The van der Waals surface area contributed by atoms with Crippen LogP contribution in [-0.4, -0.2) is 22.3 Å². The number of nitrogens with zero attached hydrogens (tertiary/aromatic N) is 1. The lowest BCUT2D eigenvalue weighted by atomic mass is 9.97. The summed E-state index contributed by atoms with van der Waals surface area (Å²) in [6.45, 7) is 2.49. The van der Waals surface area contributed by atoms with Gasteiger partial charge in [0.25, 0.3) is 11.5 Å². The number of pyridine rings is 1. The number of hydrogen-bond donors (Lipinski definition) is 1. The third-order valence-corrected chi connectivity index (χ3v) is 4.98. The molecular weight excluding hydrogens is 312 g/mol. The van der Waals surface area contributed by atoms with Crippen molar-refractivity contribution in [1.82, 2.24) is 9.88 Å². The second kappa shape index (κ2) is 6.20. The number of amides is 1. The van der Waals surface area contributed by atoms with Crippen LogP contribution in [0.15, 0.2) is 59.4 Å². The van der Waals surface area contributed by atoms with Crippen molar-refractivity contribution in [3.05, 3.63) is 81.8 Å². The summed E-state index contributed by atoms with van der Waals surface area (Å²) in [6, 6.07) is 17.9. The number of fused-ring (bicyclic) bond motifs is 1. The Balaban J connectivity index is 1.75. The first-order valence-electron chi connectivity index (χ1n) is 8.64. The van der Waals surface area contributed by atoms with Gasteiger partial charge >= 0.3 is 0 Å². The fourth-order valence-corrected chi connectivity index (χ4v) is 3.77. The molecule has 0 spiro atoms. The minimum Gasteiger partial charge on any atom is -0.331 e. The van der Waals surface area contributed by atoms with Gasteiger partial charge < -0.3 is 9.88 Å². The fourth-order valence-electron chi connectivity index (χ4n) is 3.77. The lowest BCUT2D eigenvalue weighted by Crippen LogP contribution is -2.34. The summed E-state index contributed by atoms with van der Waals surface area (Å²) in [4.78, 5) is 29.8. The Morgan fingerprint density at radius 2 is 1.88 bits per heavy atom. The van der Waals surface area contributed by atoms with E-state index in [1.807, 2.05) is 30.0 Å². The third-order valence-electron chi connectivity index (χ3n) is 4.98. The molecule has 1 aliphatic heterocycles. The van der Waals surface area contributed by atoms with Gasteiger partial charge in [0, 0.05) is 12.2 Å². The minimum absolute atomic E-state index is 0.0132. The molecule has 0 saturated carbocycles. The summed E-state index contributed by atoms with van der Waals surface area (Å²) in [5.74, 6) is -0.184. The molecule has 1 atom stereocenters. The molecule has 1 aliphatic rings. The van der Waals surface area contributed by atoms with Crippen LogP contribution in [-0.2, 0) is 0 Å². The molecule has 1 fully saturated rings. The Morgan fingerprint density at radius 1 is 1.08 bits per heavy atom. The number of benzene rings is 2. The van der Waals surface area contributed by atoms with E-state index in [9.17, 15) is 9.59 Å². The van der Waals surface area contributed by atoms with Crippen LogP contribution in [0.1, 0.15) is 40.5 Å². The third kappa shape index (κ3) is 2.74. The lowest BCUT2D eigenvalue weighted by molar-refractivity contribution is 0.0734. The van der Waals surface area contributed by atoms with E-state index >= 15 is 0 Å². The van der Waals surface area contributed by atoms with Gasteiger partial charge in [-0.1, -0.05) is 42.5 Å². The van der Waals surface area contributed by atoms with Gasteiger partial charge in [-0.05, 0) is 48.2 Å². The minimum atomic E-state index is -0.312. The summed E-state index contributed by atoms with van der Waals surface area (Å²) in [6.07, 6.45) is 1.87. The number of likely N-dealkylation sites (tertiary alicyclic amines) is 1. The molecular formula is C21H20N2O2. The smallest absolute Gasteiger partial charge is 0.260 e. The maximum Gasteiger partial charge on any atom is 0.260 e. The van der Waals surface area contributed by atoms with Crippen molar-refractivity contribution in [3.63, 3.8) is 0 Å². The van der Waals surface area contributed by atoms with Crippen molar-refractivity contribution >= 4 is 16.7 Å². The normalized spacial score (nSPS) is 17.2. The molecule has 1 N–H and O–H groups in total. The molecule has 4 heteroatoms. The number of H-pyrrole nitrogens is 1. The molecule has 0 aliphatic carbocycles. The molecule has 3 aromatic rings. The predicted molar refractivity (Wildman–Crippen MR) is 98.8 cm³/mol. The molecule has 2 aromatic carbocycles. The highest BCUT2D eigenvalue weighted by molar-refractivity contribution is 5.95. The zero-order chi connectivity index (χ0) is 17.4. The van der Waals surface area contributed by atoms with Gasteiger partial charge in [-0.15, -0.1) is 0 Å². The molecule has 1 aromatic heterocycles. The van der Waals surface area contributed by atoms with Crippen molar-refractivity contribution in [2.24, 2.45) is 0 Å². The number of rotatable bonds is 2. The first kappa shape index (κ1) is 15.6. The monoisotopic (exact) mass is 332 g/mol. The molecule has 126 valence electrons. The maximum absolute atomic E-state index is 13.0. The molecule has 0 unspecified atom stereocenters. The number of aromatic nitrogens is 1. The van der Waals surface area contributed by atoms with E-state index < -0.39 is 0 Å². The van der Waals surface area contributed by atoms with E-state index in [-0.39, 0.29) is 23.1 Å². The SMILES string of the molecule is Cc1ccc(C(=O)N2CCC[C@@H]2c2cccc3ccccc23)c(=O)[nH]1. The number of carbonyl (C=O) groups is 1. The van der Waals surface area contributed by atoms with Gasteiger partial charge in [-0.25, -0.2) is 0 Å². The highest BCUT2D eigenvalue weighted by Crippen LogP contribution is 2.36. The van der Waals surface area contributed by atoms with E-state index in [2.05, 4.69) is 29.2 Å². The first-order valence-corrected chi connectivity index (χ1v) is 8.64. The van der Waals surface area contributed by atoms with E-state index in [0.717, 1.165) is 24.1 Å². The number of aryl methyl sites for hydroxylation is 1. The van der Waals surface area contributed by atoms with Crippen LogP contribution < -0.4 is 5.56 Å². The number of hydrogen-bond acceptors (Lipinski definition) is 2. The van der Waals surface area contributed by atoms with Crippen LogP contribution in [0.4, 0.5) is 0 Å². The van der Waals surface area contributed by atoms with Crippen molar-refractivity contribution in [2.75, 3.05) is 6.54 Å². The Labute approximate surface area is 146 Å². The average molecular weight is 332 g/mol. The van der Waals surface area contributed by atoms with E-state index in [1.165, 1.54) is 10.8 Å². The molecule has 4 rings (SSSR count). The highest BCUT2D eigenvalue weighted by atomic mass is 16.2. The second-order valence-electron chi connectivity index (χ2n) is 6.61. The number of carbonyl (C=O) groups excluding carboxylic acids is 1. The standard InChI is InChI=1S/C21H20N2O2/c1-14-11-12-18(20(24)22-14)21(25)23-13-5-10-19(23)17-9-4-7-15-6-2-3-8-16(15)17/h2-4,6-9,11-12,19H,5,10,13H2,1H3,(H,22,24)/t19-/m1/s1. The Hall–Kier alpha value is -2.88. The van der Waals surface area contributed by atoms with Gasteiger partial charge in [-0.2, -0.15) is 0 Å². The molecule has 4 nitrogen and oxygen atoms in total. The maximum atomic E-state index is 13.0. The summed E-state index contributed by atoms with van der Waals surface area (Å²) >= 11 is 0. The van der Waals surface area contributed by atoms with Crippen LogP contribution in [0.25, 0.3) is 10.8 Å². The Morgan fingerprint density at radius 3 is 2.72 bits per heavy atom. The Kier molecular flexibility index (Phi) is 3.88. The van der Waals surface area contributed by atoms with Crippen LogP contribution in [0, 0.1) is 6.92 Å². The molecule has 0 bridgehead atoms. The topological polar surface area (TPSA) is 53.2 Å². The molecule has 1 saturated heterocycles. The lowest BCUT2D eigenvalue weighted by Gasteiger charge is -2.26. The average Bonchev–Trinajstić information content (AvgIpc) is 3.10. The van der Waals surface area contributed by atoms with E-state index in [1.54, 1.807) is 12.1 Å². The second-order valence-corrected chi connectivity index (χ2v) is 6.61. The van der Waals surface area contributed by atoms with E-state index in [4.69, 9.17) is 0 Å². The summed E-state index contributed by atoms with van der Waals surface area (Å²) in [5.41, 5.74) is 1.83. The molecule has 2 heterocycles. The highest BCUT2D eigenvalue weighted by Gasteiger charge is 2.32.